The lowest BCUT2D eigenvalue weighted by Crippen LogP contribution is -2.00. The Morgan fingerprint density at radius 1 is 1.56 bits per heavy atom. The van der Waals surface area contributed by atoms with E-state index in [0.717, 1.165) is 15.9 Å². The van der Waals surface area contributed by atoms with Crippen LogP contribution in [0.4, 0.5) is 8.78 Å². The van der Waals surface area contributed by atoms with Crippen molar-refractivity contribution in [2.24, 2.45) is 12.1 Å². The lowest BCUT2D eigenvalue weighted by molar-refractivity contribution is 0.136. The number of aryl methyl sites for hydroxylation is 1. The molecule has 0 aliphatic rings. The highest BCUT2D eigenvalue weighted by molar-refractivity contribution is 7.71. The molecule has 0 spiro atoms. The topological polar surface area (TPSA) is 63.8 Å². The summed E-state index contributed by atoms with van der Waals surface area (Å²) >= 11 is 4.82. The molecule has 0 saturated carbocycles. The van der Waals surface area contributed by atoms with Gasteiger partial charge < -0.3 is 0 Å². The molecule has 0 saturated heterocycles. The number of hydrogen-bond acceptors (Lipinski definition) is 4. The number of hydrogen-bond donors (Lipinski definition) is 1. The monoisotopic (exact) mass is 272 g/mol. The van der Waals surface area contributed by atoms with E-state index in [-0.39, 0.29) is 4.77 Å². The van der Waals surface area contributed by atoms with Crippen LogP contribution < -0.4 is 0 Å². The molecule has 2 rings (SSSR count). The molecule has 0 unspecified atom stereocenters. The number of aromatic amines is 1. The first kappa shape index (κ1) is 12.6. The summed E-state index contributed by atoms with van der Waals surface area (Å²) in [7, 11) is 1.78. The van der Waals surface area contributed by atoms with Gasteiger partial charge in [0, 0.05) is 18.3 Å². The molecule has 18 heavy (non-hydrogen) atoms. The van der Waals surface area contributed by atoms with Crippen molar-refractivity contribution in [2.45, 2.75) is 13.3 Å². The lowest BCUT2D eigenvalue weighted by Gasteiger charge is -1.98. The fourth-order valence-electron chi connectivity index (χ4n) is 1.32. The van der Waals surface area contributed by atoms with Crippen molar-refractivity contribution < 1.29 is 8.78 Å². The number of aromatic nitrogens is 5. The van der Waals surface area contributed by atoms with Crippen LogP contribution >= 0.6 is 12.2 Å². The second kappa shape index (κ2) is 4.77. The Morgan fingerprint density at radius 3 is 2.83 bits per heavy atom. The van der Waals surface area contributed by atoms with Crippen molar-refractivity contribution in [3.05, 3.63) is 28.0 Å². The van der Waals surface area contributed by atoms with E-state index in [4.69, 9.17) is 12.2 Å². The van der Waals surface area contributed by atoms with Gasteiger partial charge in [-0.2, -0.15) is 20.0 Å². The highest BCUT2D eigenvalue weighted by atomic mass is 32.1. The van der Waals surface area contributed by atoms with Crippen molar-refractivity contribution in [2.75, 3.05) is 0 Å². The fourth-order valence-corrected chi connectivity index (χ4v) is 1.51. The van der Waals surface area contributed by atoms with Crippen LogP contribution in [0.5, 0.6) is 0 Å². The second-order valence-corrected chi connectivity index (χ2v) is 3.94. The van der Waals surface area contributed by atoms with E-state index < -0.39 is 12.2 Å². The van der Waals surface area contributed by atoms with Gasteiger partial charge in [0.1, 0.15) is 0 Å². The van der Waals surface area contributed by atoms with Crippen LogP contribution in [0.3, 0.4) is 0 Å². The zero-order valence-electron chi connectivity index (χ0n) is 9.63. The Morgan fingerprint density at radius 2 is 2.28 bits per heavy atom. The van der Waals surface area contributed by atoms with Gasteiger partial charge in [-0.25, -0.2) is 13.9 Å². The third-order valence-corrected chi connectivity index (χ3v) is 2.72. The molecule has 6 nitrogen and oxygen atoms in total. The zero-order valence-corrected chi connectivity index (χ0v) is 10.4. The average molecular weight is 272 g/mol. The summed E-state index contributed by atoms with van der Waals surface area (Å²) in [6, 6.07) is 0. The first-order chi connectivity index (χ1) is 8.50. The van der Waals surface area contributed by atoms with Crippen LogP contribution in [0.25, 0.3) is 0 Å². The molecule has 0 bridgehead atoms. The Bertz CT molecular complexity index is 638. The van der Waals surface area contributed by atoms with Gasteiger partial charge in [0.2, 0.25) is 10.6 Å². The smallest absolute Gasteiger partial charge is 0.272 e. The SMILES string of the molecule is Cc1c(C=Nn2c(C(F)F)n[nH]c2=S)cnn1C. The molecule has 0 aliphatic heterocycles. The Balaban J connectivity index is 2.37. The van der Waals surface area contributed by atoms with E-state index in [1.54, 1.807) is 17.9 Å². The van der Waals surface area contributed by atoms with Crippen LogP contribution in [0.1, 0.15) is 23.5 Å². The average Bonchev–Trinajstić information content (AvgIpc) is 2.83. The molecule has 2 aromatic heterocycles. The minimum atomic E-state index is -2.75. The molecule has 96 valence electrons. The molecule has 0 fully saturated rings. The van der Waals surface area contributed by atoms with E-state index in [2.05, 4.69) is 20.4 Å². The summed E-state index contributed by atoms with van der Waals surface area (Å²) < 4.78 is 27.8. The summed E-state index contributed by atoms with van der Waals surface area (Å²) in [5, 5.41) is 13.6. The highest BCUT2D eigenvalue weighted by Gasteiger charge is 2.16. The van der Waals surface area contributed by atoms with Gasteiger partial charge in [-0.15, -0.1) is 0 Å². The predicted octanol–water partition coefficient (Wildman–Crippen LogP) is 1.80. The van der Waals surface area contributed by atoms with Crippen molar-refractivity contribution in [1.82, 2.24) is 24.7 Å². The molecule has 0 radical (unpaired) electrons. The minimum Gasteiger partial charge on any atom is -0.272 e. The van der Waals surface area contributed by atoms with E-state index in [9.17, 15) is 8.78 Å². The van der Waals surface area contributed by atoms with Gasteiger partial charge in [0.05, 0.1) is 12.4 Å². The van der Waals surface area contributed by atoms with Crippen molar-refractivity contribution in [3.63, 3.8) is 0 Å². The number of nitrogens with one attached hydrogen (secondary N) is 1. The molecule has 2 heterocycles. The Hall–Kier alpha value is -1.90. The maximum atomic E-state index is 12.6. The standard InChI is InChI=1S/C9H10F2N6S/c1-5-6(3-12-16(5)2)4-13-17-8(7(10)11)14-15-9(17)18/h3-4,7H,1-2H3,(H,15,18). The number of nitrogens with zero attached hydrogens (tertiary/aromatic N) is 5. The molecular formula is C9H10F2N6S. The van der Waals surface area contributed by atoms with E-state index >= 15 is 0 Å². The summed E-state index contributed by atoms with van der Waals surface area (Å²) in [5.74, 6) is -0.516. The van der Waals surface area contributed by atoms with E-state index in [1.807, 2.05) is 6.92 Å². The molecule has 0 aromatic carbocycles. The largest absolute Gasteiger partial charge is 0.299 e. The van der Waals surface area contributed by atoms with Gasteiger partial charge >= 0.3 is 0 Å². The second-order valence-electron chi connectivity index (χ2n) is 3.55. The summed E-state index contributed by atoms with van der Waals surface area (Å²) in [4.78, 5) is 0. The van der Waals surface area contributed by atoms with Crippen molar-refractivity contribution in [1.29, 1.82) is 0 Å². The summed E-state index contributed by atoms with van der Waals surface area (Å²) in [6.07, 6.45) is 0.259. The minimum absolute atomic E-state index is 0.0168. The molecule has 1 N–H and O–H groups in total. The van der Waals surface area contributed by atoms with Crippen LogP contribution in [-0.2, 0) is 7.05 Å². The van der Waals surface area contributed by atoms with Gasteiger partial charge in [0.25, 0.3) is 6.43 Å². The van der Waals surface area contributed by atoms with Gasteiger partial charge in [-0.3, -0.25) is 4.68 Å². The molecule has 0 atom stereocenters. The molecule has 9 heteroatoms. The molecular weight excluding hydrogens is 262 g/mol. The summed E-state index contributed by atoms with van der Waals surface area (Å²) in [5.41, 5.74) is 1.59. The van der Waals surface area contributed by atoms with Crippen LogP contribution in [0.15, 0.2) is 11.3 Å². The van der Waals surface area contributed by atoms with Crippen molar-refractivity contribution >= 4 is 18.4 Å². The highest BCUT2D eigenvalue weighted by Crippen LogP contribution is 2.16. The maximum Gasteiger partial charge on any atom is 0.299 e. The molecule has 0 amide bonds. The van der Waals surface area contributed by atoms with Crippen LogP contribution in [0.2, 0.25) is 0 Å². The first-order valence-corrected chi connectivity index (χ1v) is 5.40. The maximum absolute atomic E-state index is 12.6. The van der Waals surface area contributed by atoms with Gasteiger partial charge in [0.15, 0.2) is 0 Å². The normalized spacial score (nSPS) is 11.8. The van der Waals surface area contributed by atoms with Crippen molar-refractivity contribution in [3.8, 4) is 0 Å². The third-order valence-electron chi connectivity index (χ3n) is 2.46. The number of H-pyrrole nitrogens is 1. The first-order valence-electron chi connectivity index (χ1n) is 4.99. The van der Waals surface area contributed by atoms with Crippen LogP contribution in [-0.4, -0.2) is 30.9 Å². The van der Waals surface area contributed by atoms with Crippen LogP contribution in [0, 0.1) is 11.7 Å². The predicted molar refractivity (Wildman–Crippen MR) is 63.3 cm³/mol. The fraction of sp³-hybridized carbons (Fsp3) is 0.333. The number of alkyl halides is 2. The third kappa shape index (κ3) is 2.21. The number of rotatable bonds is 3. The number of halogens is 2. The molecule has 0 aliphatic carbocycles. The van der Waals surface area contributed by atoms with E-state index in [0.29, 0.717) is 0 Å². The zero-order chi connectivity index (χ0) is 13.3. The van der Waals surface area contributed by atoms with Gasteiger partial charge in [-0.05, 0) is 19.1 Å². The molecule has 2 aromatic rings. The van der Waals surface area contributed by atoms with Gasteiger partial charge in [-0.1, -0.05) is 0 Å². The van der Waals surface area contributed by atoms with E-state index in [1.165, 1.54) is 6.21 Å². The lowest BCUT2D eigenvalue weighted by atomic mass is 10.3. The summed E-state index contributed by atoms with van der Waals surface area (Å²) in [6.45, 7) is 1.84. The quantitative estimate of drug-likeness (QED) is 0.684. The Kier molecular flexibility index (Phi) is 3.32. The Labute approximate surface area is 106 Å².